The van der Waals surface area contributed by atoms with E-state index in [1.807, 2.05) is 113 Å². The van der Waals surface area contributed by atoms with E-state index >= 15 is 0 Å². The van der Waals surface area contributed by atoms with Crippen molar-refractivity contribution in [2.75, 3.05) is 10.6 Å². The minimum Gasteiger partial charge on any atom is -0.318 e. The van der Waals surface area contributed by atoms with E-state index in [0.29, 0.717) is 24.5 Å². The van der Waals surface area contributed by atoms with Crippen LogP contribution in [-0.4, -0.2) is 33.9 Å². The zero-order valence-electron chi connectivity index (χ0n) is 21.3. The van der Waals surface area contributed by atoms with Gasteiger partial charge in [-0.05, 0) is 63.4 Å². The quantitative estimate of drug-likeness (QED) is 0.375. The zero-order chi connectivity index (χ0) is 25.4. The summed E-state index contributed by atoms with van der Waals surface area (Å²) in [7, 11) is 0. The summed E-state index contributed by atoms with van der Waals surface area (Å²) in [5.74, 6) is 0. The van der Waals surface area contributed by atoms with Crippen molar-refractivity contribution < 1.29 is 9.59 Å². The normalized spacial score (nSPS) is 10.8. The van der Waals surface area contributed by atoms with Gasteiger partial charge in [0, 0.05) is 36.5 Å². The van der Waals surface area contributed by atoms with E-state index in [9.17, 15) is 9.59 Å². The largest absolute Gasteiger partial charge is 0.322 e. The summed E-state index contributed by atoms with van der Waals surface area (Å²) in [5, 5.41) is 6.04. The number of urea groups is 2. The highest BCUT2D eigenvalue weighted by molar-refractivity contribution is 5.93. The maximum Gasteiger partial charge on any atom is 0.322 e. The first-order valence-corrected chi connectivity index (χ1v) is 12.1. The lowest BCUT2D eigenvalue weighted by Crippen LogP contribution is -2.40. The molecule has 0 aliphatic rings. The highest BCUT2D eigenvalue weighted by Gasteiger charge is 2.20. The molecule has 0 spiro atoms. The fourth-order valence-corrected chi connectivity index (χ4v) is 3.75. The van der Waals surface area contributed by atoms with E-state index in [0.717, 1.165) is 16.7 Å². The Balaban J connectivity index is 1.72. The van der Waals surface area contributed by atoms with Crippen LogP contribution < -0.4 is 10.6 Å². The second-order valence-electron chi connectivity index (χ2n) is 9.30. The molecule has 0 unspecified atom stereocenters. The van der Waals surface area contributed by atoms with Crippen LogP contribution in [0.15, 0.2) is 78.9 Å². The lowest BCUT2D eigenvalue weighted by Gasteiger charge is -2.28. The van der Waals surface area contributed by atoms with Gasteiger partial charge in [-0.2, -0.15) is 0 Å². The summed E-state index contributed by atoms with van der Waals surface area (Å²) in [6.45, 7) is 11.0. The molecule has 6 heteroatoms. The summed E-state index contributed by atoms with van der Waals surface area (Å²) in [6, 6.07) is 25.1. The molecule has 0 aliphatic carbocycles. The molecule has 0 saturated carbocycles. The molecule has 0 radical (unpaired) electrons. The number of carbonyl (C=O) groups excluding carboxylic acids is 2. The van der Waals surface area contributed by atoms with Crippen LogP contribution in [0.4, 0.5) is 21.0 Å². The van der Waals surface area contributed by atoms with Crippen molar-refractivity contribution in [2.45, 2.75) is 59.8 Å². The molecule has 0 atom stereocenters. The molecule has 6 nitrogen and oxygen atoms in total. The average Bonchev–Trinajstić information content (AvgIpc) is 2.84. The van der Waals surface area contributed by atoms with Crippen LogP contribution in [0.3, 0.4) is 0 Å². The van der Waals surface area contributed by atoms with Gasteiger partial charge >= 0.3 is 12.1 Å². The van der Waals surface area contributed by atoms with E-state index in [-0.39, 0.29) is 24.1 Å². The molecule has 0 aliphatic heterocycles. The van der Waals surface area contributed by atoms with Gasteiger partial charge in [0.25, 0.3) is 0 Å². The Kier molecular flexibility index (Phi) is 8.90. The van der Waals surface area contributed by atoms with E-state index in [4.69, 9.17) is 0 Å². The molecule has 3 rings (SSSR count). The van der Waals surface area contributed by atoms with Crippen molar-refractivity contribution in [1.82, 2.24) is 9.80 Å². The van der Waals surface area contributed by atoms with Gasteiger partial charge < -0.3 is 20.4 Å². The number of hydrogen-bond acceptors (Lipinski definition) is 2. The lowest BCUT2D eigenvalue weighted by atomic mass is 10.1. The van der Waals surface area contributed by atoms with Crippen LogP contribution in [0.2, 0.25) is 0 Å². The third-order valence-electron chi connectivity index (χ3n) is 5.89. The Morgan fingerprint density at radius 1 is 0.686 bits per heavy atom. The average molecular weight is 473 g/mol. The Bertz CT molecular complexity index is 1110. The number of amides is 4. The Labute approximate surface area is 209 Å². The molecule has 4 amide bonds. The number of hydrogen-bond donors (Lipinski definition) is 2. The van der Waals surface area contributed by atoms with Gasteiger partial charge in [0.05, 0.1) is 0 Å². The molecule has 3 aromatic carbocycles. The number of nitrogens with one attached hydrogen (secondary N) is 2. The fraction of sp³-hybridized carbons (Fsp3) is 0.310. The van der Waals surface area contributed by atoms with Crippen LogP contribution in [0.5, 0.6) is 0 Å². The van der Waals surface area contributed by atoms with Crippen LogP contribution >= 0.6 is 0 Å². The maximum absolute atomic E-state index is 13.2. The molecule has 0 aromatic heterocycles. The van der Waals surface area contributed by atoms with Crippen LogP contribution in [0.25, 0.3) is 0 Å². The second-order valence-corrected chi connectivity index (χ2v) is 9.30. The van der Waals surface area contributed by atoms with Crippen LogP contribution in [-0.2, 0) is 13.1 Å². The molecule has 3 aromatic rings. The smallest absolute Gasteiger partial charge is 0.318 e. The third kappa shape index (κ3) is 7.34. The standard InChI is InChI=1S/C29H36N4O2/c1-21(2)32(19-24-12-8-6-9-13-24)28(34)30-26-17-16-23(5)27(18-26)31-29(35)33(22(3)4)20-25-14-10-7-11-15-25/h6-18,21-22H,19-20H2,1-5H3,(H,30,34)(H,31,35). The number of nitrogens with zero attached hydrogens (tertiary/aromatic N) is 2. The molecule has 0 bridgehead atoms. The monoisotopic (exact) mass is 472 g/mol. The topological polar surface area (TPSA) is 64.7 Å². The minimum atomic E-state index is -0.183. The van der Waals surface area contributed by atoms with Gasteiger partial charge in [-0.3, -0.25) is 0 Å². The van der Waals surface area contributed by atoms with E-state index < -0.39 is 0 Å². The van der Waals surface area contributed by atoms with Gasteiger partial charge in [-0.25, -0.2) is 9.59 Å². The van der Waals surface area contributed by atoms with E-state index in [2.05, 4.69) is 10.6 Å². The summed E-state index contributed by atoms with van der Waals surface area (Å²) in [5.41, 5.74) is 4.37. The predicted molar refractivity (Wildman–Crippen MR) is 143 cm³/mol. The number of anilines is 2. The molecule has 0 heterocycles. The number of rotatable bonds is 8. The first-order valence-electron chi connectivity index (χ1n) is 12.1. The third-order valence-corrected chi connectivity index (χ3v) is 5.89. The van der Waals surface area contributed by atoms with Crippen molar-refractivity contribution in [2.24, 2.45) is 0 Å². The molecular weight excluding hydrogens is 436 g/mol. The van der Waals surface area contributed by atoms with Crippen molar-refractivity contribution in [1.29, 1.82) is 0 Å². The molecule has 0 fully saturated rings. The van der Waals surface area contributed by atoms with Gasteiger partial charge in [0.2, 0.25) is 0 Å². The van der Waals surface area contributed by atoms with Gasteiger partial charge in [0.1, 0.15) is 0 Å². The summed E-state index contributed by atoms with van der Waals surface area (Å²) in [6.07, 6.45) is 0. The van der Waals surface area contributed by atoms with Crippen LogP contribution in [0, 0.1) is 6.92 Å². The summed E-state index contributed by atoms with van der Waals surface area (Å²) >= 11 is 0. The lowest BCUT2D eigenvalue weighted by molar-refractivity contribution is 0.193. The first kappa shape index (κ1) is 25.8. The molecule has 2 N–H and O–H groups in total. The highest BCUT2D eigenvalue weighted by Crippen LogP contribution is 2.22. The van der Waals surface area contributed by atoms with Crippen molar-refractivity contribution in [3.63, 3.8) is 0 Å². The Morgan fingerprint density at radius 3 is 1.60 bits per heavy atom. The van der Waals surface area contributed by atoms with Crippen molar-refractivity contribution in [3.05, 3.63) is 95.6 Å². The summed E-state index contributed by atoms with van der Waals surface area (Å²) < 4.78 is 0. The van der Waals surface area contributed by atoms with Crippen LogP contribution in [0.1, 0.15) is 44.4 Å². The maximum atomic E-state index is 13.2. The fourth-order valence-electron chi connectivity index (χ4n) is 3.75. The van der Waals surface area contributed by atoms with E-state index in [1.54, 1.807) is 9.80 Å². The molecular formula is C29H36N4O2. The van der Waals surface area contributed by atoms with Gasteiger partial charge in [-0.15, -0.1) is 0 Å². The number of aryl methyl sites for hydroxylation is 1. The second kappa shape index (κ2) is 12.1. The molecule has 184 valence electrons. The van der Waals surface area contributed by atoms with Gasteiger partial charge in [-0.1, -0.05) is 66.7 Å². The first-order chi connectivity index (χ1) is 16.7. The van der Waals surface area contributed by atoms with Crippen molar-refractivity contribution >= 4 is 23.4 Å². The number of benzene rings is 3. The molecule has 0 saturated heterocycles. The van der Waals surface area contributed by atoms with E-state index in [1.165, 1.54) is 0 Å². The van der Waals surface area contributed by atoms with Crippen molar-refractivity contribution in [3.8, 4) is 0 Å². The predicted octanol–water partition coefficient (Wildman–Crippen LogP) is 6.88. The SMILES string of the molecule is Cc1ccc(NC(=O)N(Cc2ccccc2)C(C)C)cc1NC(=O)N(Cc1ccccc1)C(C)C. The Hall–Kier alpha value is -3.80. The minimum absolute atomic E-state index is 0.0241. The van der Waals surface area contributed by atoms with Gasteiger partial charge in [0.15, 0.2) is 0 Å². The Morgan fingerprint density at radius 2 is 1.14 bits per heavy atom. The zero-order valence-corrected chi connectivity index (χ0v) is 21.3. The highest BCUT2D eigenvalue weighted by atomic mass is 16.2. The number of carbonyl (C=O) groups is 2. The molecule has 35 heavy (non-hydrogen) atoms. The summed E-state index contributed by atoms with van der Waals surface area (Å²) in [4.78, 5) is 29.8.